The largest absolute Gasteiger partial charge is 0.488 e. The van der Waals surface area contributed by atoms with Crippen LogP contribution in [0.3, 0.4) is 0 Å². The van der Waals surface area contributed by atoms with E-state index in [1.165, 1.54) is 18.0 Å². The molecule has 0 spiro atoms. The Kier molecular flexibility index (Phi) is 5.51. The summed E-state index contributed by atoms with van der Waals surface area (Å²) in [7, 11) is 1.53. The quantitative estimate of drug-likeness (QED) is 0.893. The second-order valence-electron chi connectivity index (χ2n) is 6.23. The van der Waals surface area contributed by atoms with E-state index in [0.717, 1.165) is 0 Å². The van der Waals surface area contributed by atoms with Crippen molar-refractivity contribution >= 4 is 11.8 Å². The molecule has 0 aliphatic carbocycles. The third-order valence-electron chi connectivity index (χ3n) is 4.48. The van der Waals surface area contributed by atoms with Gasteiger partial charge in [0.15, 0.2) is 0 Å². The van der Waals surface area contributed by atoms with Gasteiger partial charge in [-0.25, -0.2) is 4.39 Å². The molecule has 0 saturated carbocycles. The van der Waals surface area contributed by atoms with Crippen molar-refractivity contribution in [3.63, 3.8) is 0 Å². The average Bonchev–Trinajstić information content (AvgIpc) is 3.07. The fraction of sp³-hybridized carbons (Fsp3) is 0.300. The lowest BCUT2D eigenvalue weighted by Crippen LogP contribution is -2.45. The van der Waals surface area contributed by atoms with Crippen LogP contribution in [0.4, 0.5) is 4.39 Å². The molecule has 2 aromatic carbocycles. The standard InChI is InChI=1S/C20H21FN2O3/c1-22-20(25)18-12-16(26-15-8-3-2-4-9-15)13-23(18)19(24)11-14-7-5-6-10-17(14)21/h2-10,16,18H,11-13H2,1H3,(H,22,25)/t16-,18+/m0/s1. The molecular formula is C20H21FN2O3. The van der Waals surface area contributed by atoms with Crippen LogP contribution in [0.5, 0.6) is 5.75 Å². The molecular weight excluding hydrogens is 335 g/mol. The van der Waals surface area contributed by atoms with Crippen LogP contribution in [-0.2, 0) is 16.0 Å². The van der Waals surface area contributed by atoms with Gasteiger partial charge in [-0.3, -0.25) is 9.59 Å². The van der Waals surface area contributed by atoms with E-state index in [-0.39, 0.29) is 24.3 Å². The van der Waals surface area contributed by atoms with Crippen molar-refractivity contribution in [3.8, 4) is 5.75 Å². The minimum Gasteiger partial charge on any atom is -0.488 e. The van der Waals surface area contributed by atoms with E-state index in [1.54, 1.807) is 18.2 Å². The van der Waals surface area contributed by atoms with E-state index in [9.17, 15) is 14.0 Å². The third kappa shape index (κ3) is 4.02. The normalized spacial score (nSPS) is 19.2. The number of nitrogens with zero attached hydrogens (tertiary/aromatic N) is 1. The van der Waals surface area contributed by atoms with Gasteiger partial charge in [0, 0.05) is 13.5 Å². The van der Waals surface area contributed by atoms with Gasteiger partial charge < -0.3 is 15.0 Å². The zero-order valence-electron chi connectivity index (χ0n) is 14.5. The minimum absolute atomic E-state index is 0.0851. The van der Waals surface area contributed by atoms with Gasteiger partial charge in [-0.15, -0.1) is 0 Å². The molecule has 1 aliphatic rings. The molecule has 1 N–H and O–H groups in total. The topological polar surface area (TPSA) is 58.6 Å². The number of likely N-dealkylation sites (N-methyl/N-ethyl adjacent to an activating group) is 1. The van der Waals surface area contributed by atoms with E-state index < -0.39 is 11.9 Å². The van der Waals surface area contributed by atoms with Crippen molar-refractivity contribution in [2.45, 2.75) is 25.0 Å². The smallest absolute Gasteiger partial charge is 0.242 e. The van der Waals surface area contributed by atoms with Gasteiger partial charge in [-0.05, 0) is 23.8 Å². The molecule has 26 heavy (non-hydrogen) atoms. The first kappa shape index (κ1) is 17.9. The van der Waals surface area contributed by atoms with Crippen molar-refractivity contribution in [1.29, 1.82) is 0 Å². The number of carbonyl (C=O) groups excluding carboxylic acids is 2. The molecule has 0 aromatic heterocycles. The van der Waals surface area contributed by atoms with Gasteiger partial charge in [-0.2, -0.15) is 0 Å². The molecule has 5 nitrogen and oxygen atoms in total. The van der Waals surface area contributed by atoms with Crippen LogP contribution in [0.15, 0.2) is 54.6 Å². The van der Waals surface area contributed by atoms with Crippen LogP contribution in [0, 0.1) is 5.82 Å². The van der Waals surface area contributed by atoms with Crippen LogP contribution in [-0.4, -0.2) is 42.5 Å². The van der Waals surface area contributed by atoms with Crippen molar-refractivity contribution in [2.75, 3.05) is 13.6 Å². The molecule has 0 radical (unpaired) electrons. The monoisotopic (exact) mass is 356 g/mol. The highest BCUT2D eigenvalue weighted by atomic mass is 19.1. The van der Waals surface area contributed by atoms with Gasteiger partial charge in [0.2, 0.25) is 11.8 Å². The number of para-hydroxylation sites is 1. The number of ether oxygens (including phenoxy) is 1. The zero-order valence-corrected chi connectivity index (χ0v) is 14.5. The Morgan fingerprint density at radius 3 is 2.54 bits per heavy atom. The summed E-state index contributed by atoms with van der Waals surface area (Å²) in [5.74, 6) is -0.265. The number of benzene rings is 2. The van der Waals surface area contributed by atoms with Gasteiger partial charge >= 0.3 is 0 Å². The summed E-state index contributed by atoms with van der Waals surface area (Å²) in [6.07, 6.45) is 0.0276. The predicted molar refractivity (Wildman–Crippen MR) is 95.1 cm³/mol. The first-order valence-electron chi connectivity index (χ1n) is 8.54. The Balaban J connectivity index is 1.73. The molecule has 2 aromatic rings. The van der Waals surface area contributed by atoms with Crippen molar-refractivity contribution in [1.82, 2.24) is 10.2 Å². The molecule has 3 rings (SSSR count). The number of nitrogens with one attached hydrogen (secondary N) is 1. The maximum Gasteiger partial charge on any atom is 0.242 e. The molecule has 2 atom stereocenters. The first-order valence-corrected chi connectivity index (χ1v) is 8.54. The number of amides is 2. The third-order valence-corrected chi connectivity index (χ3v) is 4.48. The maximum absolute atomic E-state index is 13.8. The van der Waals surface area contributed by atoms with Crippen LogP contribution in [0.1, 0.15) is 12.0 Å². The highest BCUT2D eigenvalue weighted by Gasteiger charge is 2.40. The molecule has 6 heteroatoms. The molecule has 136 valence electrons. The second-order valence-corrected chi connectivity index (χ2v) is 6.23. The SMILES string of the molecule is CNC(=O)[C@H]1C[C@H](Oc2ccccc2)CN1C(=O)Cc1ccccc1F. The molecule has 2 amide bonds. The van der Waals surface area contributed by atoms with Crippen LogP contribution >= 0.6 is 0 Å². The van der Waals surface area contributed by atoms with E-state index in [0.29, 0.717) is 24.3 Å². The van der Waals surface area contributed by atoms with E-state index in [4.69, 9.17) is 4.74 Å². The lowest BCUT2D eigenvalue weighted by molar-refractivity contribution is -0.137. The van der Waals surface area contributed by atoms with E-state index in [1.807, 2.05) is 30.3 Å². The van der Waals surface area contributed by atoms with Crippen LogP contribution in [0.25, 0.3) is 0 Å². The van der Waals surface area contributed by atoms with E-state index in [2.05, 4.69) is 5.32 Å². The summed E-state index contributed by atoms with van der Waals surface area (Å²) in [5, 5.41) is 2.59. The summed E-state index contributed by atoms with van der Waals surface area (Å²) >= 11 is 0. The molecule has 1 saturated heterocycles. The van der Waals surface area contributed by atoms with Crippen molar-refractivity contribution < 1.29 is 18.7 Å². The summed E-state index contributed by atoms with van der Waals surface area (Å²) in [6, 6.07) is 14.8. The van der Waals surface area contributed by atoms with Crippen molar-refractivity contribution in [3.05, 3.63) is 66.0 Å². The Hall–Kier alpha value is -2.89. The van der Waals surface area contributed by atoms with E-state index >= 15 is 0 Å². The van der Waals surface area contributed by atoms with Crippen molar-refractivity contribution in [2.24, 2.45) is 0 Å². The van der Waals surface area contributed by atoms with Crippen LogP contribution < -0.4 is 10.1 Å². The van der Waals surface area contributed by atoms with Crippen LogP contribution in [0.2, 0.25) is 0 Å². The van der Waals surface area contributed by atoms with Gasteiger partial charge in [-0.1, -0.05) is 36.4 Å². The number of halogens is 1. The number of hydrogen-bond acceptors (Lipinski definition) is 3. The number of rotatable bonds is 5. The second kappa shape index (κ2) is 7.99. The number of likely N-dealkylation sites (tertiary alicyclic amines) is 1. The summed E-state index contributed by atoms with van der Waals surface area (Å²) < 4.78 is 19.8. The van der Waals surface area contributed by atoms with Gasteiger partial charge in [0.05, 0.1) is 13.0 Å². The fourth-order valence-corrected chi connectivity index (χ4v) is 3.17. The number of hydrogen-bond donors (Lipinski definition) is 1. The summed E-state index contributed by atoms with van der Waals surface area (Å²) in [4.78, 5) is 26.4. The summed E-state index contributed by atoms with van der Waals surface area (Å²) in [5.41, 5.74) is 0.320. The zero-order chi connectivity index (χ0) is 18.5. The first-order chi connectivity index (χ1) is 12.6. The fourth-order valence-electron chi connectivity index (χ4n) is 3.17. The number of carbonyl (C=O) groups is 2. The lowest BCUT2D eigenvalue weighted by Gasteiger charge is -2.23. The highest BCUT2D eigenvalue weighted by molar-refractivity contribution is 5.89. The molecule has 1 heterocycles. The Labute approximate surface area is 151 Å². The Bertz CT molecular complexity index is 782. The highest BCUT2D eigenvalue weighted by Crippen LogP contribution is 2.24. The van der Waals surface area contributed by atoms with Gasteiger partial charge in [0.25, 0.3) is 0 Å². The Morgan fingerprint density at radius 1 is 1.15 bits per heavy atom. The summed E-state index contributed by atoms with van der Waals surface area (Å²) in [6.45, 7) is 0.292. The Morgan fingerprint density at radius 2 is 1.85 bits per heavy atom. The lowest BCUT2D eigenvalue weighted by atomic mass is 10.1. The maximum atomic E-state index is 13.8. The molecule has 1 aliphatic heterocycles. The van der Waals surface area contributed by atoms with Gasteiger partial charge in [0.1, 0.15) is 23.7 Å². The predicted octanol–water partition coefficient (Wildman–Crippen LogP) is 2.16. The average molecular weight is 356 g/mol. The molecule has 1 fully saturated rings. The molecule has 0 bridgehead atoms. The minimum atomic E-state index is -0.618. The molecule has 0 unspecified atom stereocenters.